The largest absolute Gasteiger partial charge is 0.478 e. The number of aromatic carboxylic acids is 2. The van der Waals surface area contributed by atoms with Gasteiger partial charge >= 0.3 is 23.9 Å². The lowest BCUT2D eigenvalue weighted by Gasteiger charge is -1.98. The van der Waals surface area contributed by atoms with E-state index in [0.717, 1.165) is 6.08 Å². The molecular formula is C17H20O8. The third-order valence-electron chi connectivity index (χ3n) is 2.21. The van der Waals surface area contributed by atoms with Crippen molar-refractivity contribution in [3.05, 3.63) is 60.2 Å². The van der Waals surface area contributed by atoms with Gasteiger partial charge in [-0.1, -0.05) is 25.3 Å². The van der Waals surface area contributed by atoms with Gasteiger partial charge in [-0.3, -0.25) is 0 Å². The molecule has 0 aromatic heterocycles. The second-order valence-electron chi connectivity index (χ2n) is 4.20. The van der Waals surface area contributed by atoms with Gasteiger partial charge in [-0.25, -0.2) is 19.2 Å². The number of carboxylic acid groups (broad SMARTS) is 3. The van der Waals surface area contributed by atoms with Crippen LogP contribution < -0.4 is 0 Å². The molecule has 0 saturated carbocycles. The average molecular weight is 352 g/mol. The number of esters is 1. The minimum absolute atomic E-state index is 0.176. The Morgan fingerprint density at radius 3 is 1.56 bits per heavy atom. The highest BCUT2D eigenvalue weighted by molar-refractivity contribution is 6.01. The zero-order valence-electron chi connectivity index (χ0n) is 13.9. The number of carboxylic acids is 3. The van der Waals surface area contributed by atoms with Crippen LogP contribution >= 0.6 is 0 Å². The van der Waals surface area contributed by atoms with Crippen molar-refractivity contribution in [1.29, 1.82) is 0 Å². The molecule has 1 aromatic carbocycles. The van der Waals surface area contributed by atoms with Gasteiger partial charge in [-0.2, -0.15) is 0 Å². The minimum Gasteiger partial charge on any atom is -0.478 e. The summed E-state index contributed by atoms with van der Waals surface area (Å²) in [6.45, 7) is 9.98. The molecular weight excluding hydrogens is 332 g/mol. The molecule has 0 unspecified atom stereocenters. The van der Waals surface area contributed by atoms with Crippen LogP contribution in [0.4, 0.5) is 0 Å². The smallest absolute Gasteiger partial charge is 0.336 e. The first-order chi connectivity index (χ1) is 11.6. The number of aliphatic carboxylic acids is 1. The number of carbonyl (C=O) groups is 4. The fraction of sp³-hybridized carbons (Fsp3) is 0.176. The van der Waals surface area contributed by atoms with E-state index in [1.165, 1.54) is 31.2 Å². The monoisotopic (exact) mass is 352 g/mol. The lowest BCUT2D eigenvalue weighted by molar-refractivity contribution is -0.137. The number of carbonyl (C=O) groups excluding carboxylic acids is 1. The van der Waals surface area contributed by atoms with Crippen molar-refractivity contribution in [1.82, 2.24) is 0 Å². The Morgan fingerprint density at radius 1 is 1.04 bits per heavy atom. The molecule has 136 valence electrons. The van der Waals surface area contributed by atoms with Crippen LogP contribution in [-0.2, 0) is 14.3 Å². The number of rotatable bonds is 5. The fourth-order valence-corrected chi connectivity index (χ4v) is 1.06. The summed E-state index contributed by atoms with van der Waals surface area (Å²) < 4.78 is 4.43. The summed E-state index contributed by atoms with van der Waals surface area (Å²) in [6, 6.07) is 5.48. The van der Waals surface area contributed by atoms with E-state index in [1.54, 1.807) is 6.92 Å². The van der Waals surface area contributed by atoms with Gasteiger partial charge in [-0.05, 0) is 26.0 Å². The molecule has 0 aliphatic heterocycles. The number of benzene rings is 1. The molecule has 0 aliphatic carbocycles. The van der Waals surface area contributed by atoms with E-state index in [2.05, 4.69) is 17.9 Å². The second kappa shape index (κ2) is 13.1. The molecule has 0 aliphatic rings. The zero-order chi connectivity index (χ0) is 20.0. The van der Waals surface area contributed by atoms with Crippen LogP contribution in [0, 0.1) is 0 Å². The Hall–Kier alpha value is -3.42. The van der Waals surface area contributed by atoms with Crippen molar-refractivity contribution in [3.63, 3.8) is 0 Å². The van der Waals surface area contributed by atoms with Gasteiger partial charge in [0.15, 0.2) is 0 Å². The fourth-order valence-electron chi connectivity index (χ4n) is 1.06. The van der Waals surface area contributed by atoms with E-state index in [-0.39, 0.29) is 22.7 Å². The van der Waals surface area contributed by atoms with Gasteiger partial charge in [0.1, 0.15) is 0 Å². The first-order valence-corrected chi connectivity index (χ1v) is 6.82. The molecule has 1 rings (SSSR count). The van der Waals surface area contributed by atoms with Crippen LogP contribution in [0.15, 0.2) is 49.1 Å². The van der Waals surface area contributed by atoms with E-state index in [1.807, 2.05) is 0 Å². The van der Waals surface area contributed by atoms with Crippen molar-refractivity contribution >= 4 is 23.9 Å². The maximum Gasteiger partial charge on any atom is 0.336 e. The maximum absolute atomic E-state index is 10.5. The SMILES string of the molecule is C=C(C)C(=O)O.C=CC(=O)OCC.O=C(O)c1ccccc1C(=O)O. The van der Waals surface area contributed by atoms with Crippen molar-refractivity contribution in [2.75, 3.05) is 6.61 Å². The first-order valence-electron chi connectivity index (χ1n) is 6.82. The van der Waals surface area contributed by atoms with Gasteiger partial charge in [0.2, 0.25) is 0 Å². The van der Waals surface area contributed by atoms with Crippen LogP contribution in [0.3, 0.4) is 0 Å². The first kappa shape index (κ1) is 23.8. The van der Waals surface area contributed by atoms with Gasteiger partial charge < -0.3 is 20.1 Å². The van der Waals surface area contributed by atoms with Crippen LogP contribution in [0.1, 0.15) is 34.6 Å². The average Bonchev–Trinajstić information content (AvgIpc) is 2.55. The Balaban J connectivity index is 0. The molecule has 0 bridgehead atoms. The highest BCUT2D eigenvalue weighted by Gasteiger charge is 2.13. The third-order valence-corrected chi connectivity index (χ3v) is 2.21. The number of ether oxygens (including phenoxy) is 1. The Morgan fingerprint density at radius 2 is 1.40 bits per heavy atom. The van der Waals surface area contributed by atoms with Gasteiger partial charge in [0, 0.05) is 11.6 Å². The molecule has 1 aromatic rings. The molecule has 0 saturated heterocycles. The lowest BCUT2D eigenvalue weighted by Crippen LogP contribution is -2.06. The van der Waals surface area contributed by atoms with Crippen LogP contribution in [0.5, 0.6) is 0 Å². The molecule has 0 radical (unpaired) electrons. The Bertz CT molecular complexity index is 601. The highest BCUT2D eigenvalue weighted by Crippen LogP contribution is 2.07. The van der Waals surface area contributed by atoms with E-state index < -0.39 is 17.9 Å². The minimum atomic E-state index is -1.23. The molecule has 0 heterocycles. The molecule has 0 atom stereocenters. The van der Waals surface area contributed by atoms with E-state index in [0.29, 0.717) is 6.61 Å². The normalized spacial score (nSPS) is 8.40. The molecule has 0 fully saturated rings. The van der Waals surface area contributed by atoms with Crippen LogP contribution in [0.25, 0.3) is 0 Å². The summed E-state index contributed by atoms with van der Waals surface area (Å²) >= 11 is 0. The summed E-state index contributed by atoms with van der Waals surface area (Å²) in [7, 11) is 0. The third kappa shape index (κ3) is 11.8. The molecule has 0 spiro atoms. The van der Waals surface area contributed by atoms with Crippen LogP contribution in [0.2, 0.25) is 0 Å². The summed E-state index contributed by atoms with van der Waals surface area (Å²) in [4.78, 5) is 40.6. The Labute approximate surface area is 144 Å². The van der Waals surface area contributed by atoms with Crippen molar-refractivity contribution < 1.29 is 39.2 Å². The maximum atomic E-state index is 10.5. The second-order valence-corrected chi connectivity index (χ2v) is 4.20. The summed E-state index contributed by atoms with van der Waals surface area (Å²) in [5, 5.41) is 25.0. The molecule has 25 heavy (non-hydrogen) atoms. The lowest BCUT2D eigenvalue weighted by atomic mass is 10.1. The quantitative estimate of drug-likeness (QED) is 0.542. The summed E-state index contributed by atoms with van der Waals surface area (Å²) in [5.41, 5.74) is -0.204. The topological polar surface area (TPSA) is 138 Å². The zero-order valence-corrected chi connectivity index (χ0v) is 13.9. The van der Waals surface area contributed by atoms with Crippen molar-refractivity contribution in [3.8, 4) is 0 Å². The summed E-state index contributed by atoms with van der Waals surface area (Å²) in [6.07, 6.45) is 1.14. The van der Waals surface area contributed by atoms with E-state index in [4.69, 9.17) is 15.3 Å². The van der Waals surface area contributed by atoms with E-state index >= 15 is 0 Å². The van der Waals surface area contributed by atoms with Crippen LogP contribution in [-0.4, -0.2) is 45.8 Å². The molecule has 8 heteroatoms. The van der Waals surface area contributed by atoms with Crippen molar-refractivity contribution in [2.45, 2.75) is 13.8 Å². The predicted octanol–water partition coefficient (Wildman–Crippen LogP) is 2.47. The highest BCUT2D eigenvalue weighted by atomic mass is 16.5. The molecule has 3 N–H and O–H groups in total. The molecule has 0 amide bonds. The predicted molar refractivity (Wildman–Crippen MR) is 89.6 cm³/mol. The van der Waals surface area contributed by atoms with Crippen molar-refractivity contribution in [2.24, 2.45) is 0 Å². The van der Waals surface area contributed by atoms with E-state index in [9.17, 15) is 19.2 Å². The van der Waals surface area contributed by atoms with Gasteiger partial charge in [-0.15, -0.1) is 0 Å². The van der Waals surface area contributed by atoms with Gasteiger partial charge in [0.05, 0.1) is 17.7 Å². The van der Waals surface area contributed by atoms with Gasteiger partial charge in [0.25, 0.3) is 0 Å². The molecule has 8 nitrogen and oxygen atoms in total. The standard InChI is InChI=1S/C8H6O4.C5H8O2.C4H6O2/c9-7(10)5-3-1-2-4-6(5)8(11)12;1-3-5(6)7-4-2;1-3(2)4(5)6/h1-4H,(H,9,10)(H,11,12);3H,1,4H2,2H3;1H2,2H3,(H,5,6). The summed E-state index contributed by atoms with van der Waals surface area (Å²) in [5.74, 6) is -3.75. The number of hydrogen-bond donors (Lipinski definition) is 3. The Kier molecular flexibility index (Phi) is 12.5. The number of hydrogen-bond acceptors (Lipinski definition) is 5.